The van der Waals surface area contributed by atoms with Gasteiger partial charge in [0.1, 0.15) is 0 Å². The molecule has 0 saturated carbocycles. The zero-order chi connectivity index (χ0) is 33.8. The van der Waals surface area contributed by atoms with Crippen LogP contribution in [0.5, 0.6) is 0 Å². The van der Waals surface area contributed by atoms with Crippen LogP contribution in [-0.2, 0) is 5.41 Å². The number of aromatic nitrogens is 1. The molecule has 0 bridgehead atoms. The third kappa shape index (κ3) is 5.23. The summed E-state index contributed by atoms with van der Waals surface area (Å²) in [6, 6.07) is 60.1. The minimum atomic E-state index is 0.0651. The summed E-state index contributed by atoms with van der Waals surface area (Å²) in [6.07, 6.45) is 1.85. The second kappa shape index (κ2) is 11.8. The van der Waals surface area contributed by atoms with E-state index in [0.717, 1.165) is 11.3 Å². The van der Waals surface area contributed by atoms with Gasteiger partial charge in [-0.1, -0.05) is 154 Å². The van der Waals surface area contributed by atoms with Crippen LogP contribution in [0.3, 0.4) is 0 Å². The van der Waals surface area contributed by atoms with Crippen molar-refractivity contribution in [2.45, 2.75) is 26.2 Å². The quantitative estimate of drug-likeness (QED) is 0.171. The molecule has 0 saturated heterocycles. The van der Waals surface area contributed by atoms with Gasteiger partial charge in [0.2, 0.25) is 0 Å². The maximum absolute atomic E-state index is 4.60. The van der Waals surface area contributed by atoms with Crippen molar-refractivity contribution < 1.29 is 0 Å². The highest BCUT2D eigenvalue weighted by Crippen LogP contribution is 2.45. The Morgan fingerprint density at radius 2 is 0.920 bits per heavy atom. The van der Waals surface area contributed by atoms with Crippen molar-refractivity contribution in [3.05, 3.63) is 176 Å². The molecule has 1 heteroatoms. The van der Waals surface area contributed by atoms with E-state index < -0.39 is 0 Å². The van der Waals surface area contributed by atoms with Crippen LogP contribution in [0.1, 0.15) is 26.3 Å². The normalized spacial score (nSPS) is 11.9. The summed E-state index contributed by atoms with van der Waals surface area (Å²) >= 11 is 0. The molecule has 8 aromatic carbocycles. The van der Waals surface area contributed by atoms with Gasteiger partial charge in [-0.15, -0.1) is 0 Å². The highest BCUT2D eigenvalue weighted by molar-refractivity contribution is 6.28. The van der Waals surface area contributed by atoms with Crippen LogP contribution in [0.25, 0.3) is 88.1 Å². The molecule has 0 unspecified atom stereocenters. The summed E-state index contributed by atoms with van der Waals surface area (Å²) in [4.78, 5) is 4.60. The van der Waals surface area contributed by atoms with Crippen molar-refractivity contribution in [1.82, 2.24) is 4.98 Å². The number of pyridine rings is 1. The average Bonchev–Trinajstić information content (AvgIpc) is 3.17. The minimum absolute atomic E-state index is 0.0651. The van der Waals surface area contributed by atoms with Crippen LogP contribution in [0.15, 0.2) is 170 Å². The molecule has 238 valence electrons. The molecule has 0 atom stereocenters. The fourth-order valence-electron chi connectivity index (χ4n) is 7.56. The van der Waals surface area contributed by atoms with Gasteiger partial charge in [0.15, 0.2) is 0 Å². The first-order valence-electron chi connectivity index (χ1n) is 17.4. The lowest BCUT2D eigenvalue weighted by molar-refractivity contribution is 0.591. The molecule has 0 N–H and O–H groups in total. The lowest BCUT2D eigenvalue weighted by Gasteiger charge is -2.23. The van der Waals surface area contributed by atoms with Crippen LogP contribution >= 0.6 is 0 Å². The Balaban J connectivity index is 1.26. The van der Waals surface area contributed by atoms with Crippen molar-refractivity contribution in [3.63, 3.8) is 0 Å². The second-order valence-corrected chi connectivity index (χ2v) is 14.4. The predicted octanol–water partition coefficient (Wildman–Crippen LogP) is 13.6. The highest BCUT2D eigenvalue weighted by Gasteiger charge is 2.20. The van der Waals surface area contributed by atoms with Gasteiger partial charge < -0.3 is 0 Å². The second-order valence-electron chi connectivity index (χ2n) is 14.4. The van der Waals surface area contributed by atoms with Crippen molar-refractivity contribution in [3.8, 4) is 55.8 Å². The Hall–Kier alpha value is -6.05. The minimum Gasteiger partial charge on any atom is -0.256 e. The van der Waals surface area contributed by atoms with Gasteiger partial charge in [0.05, 0.1) is 5.69 Å². The van der Waals surface area contributed by atoms with E-state index in [1.54, 1.807) is 0 Å². The molecule has 0 spiro atoms. The number of hydrogen-bond donors (Lipinski definition) is 0. The molecule has 0 aliphatic carbocycles. The van der Waals surface area contributed by atoms with E-state index in [1.807, 2.05) is 18.3 Å². The van der Waals surface area contributed by atoms with E-state index in [2.05, 4.69) is 177 Å². The summed E-state index contributed by atoms with van der Waals surface area (Å²) in [5, 5.41) is 7.85. The van der Waals surface area contributed by atoms with E-state index in [0.29, 0.717) is 0 Å². The fraction of sp³-hybridized carbons (Fsp3) is 0.0816. The summed E-state index contributed by atoms with van der Waals surface area (Å²) < 4.78 is 0. The molecule has 1 heterocycles. The van der Waals surface area contributed by atoms with Crippen LogP contribution in [0.4, 0.5) is 0 Å². The number of hydrogen-bond acceptors (Lipinski definition) is 1. The number of benzene rings is 8. The first kappa shape index (κ1) is 30.0. The van der Waals surface area contributed by atoms with Crippen LogP contribution in [0.2, 0.25) is 0 Å². The number of rotatable bonds is 5. The van der Waals surface area contributed by atoms with Crippen LogP contribution in [0, 0.1) is 0 Å². The maximum Gasteiger partial charge on any atom is 0.0702 e. The molecule has 0 fully saturated rings. The monoisotopic (exact) mass is 639 g/mol. The van der Waals surface area contributed by atoms with Gasteiger partial charge in [-0.05, 0) is 118 Å². The lowest BCUT2D eigenvalue weighted by atomic mass is 9.81. The predicted molar refractivity (Wildman–Crippen MR) is 214 cm³/mol. The zero-order valence-electron chi connectivity index (χ0n) is 28.6. The van der Waals surface area contributed by atoms with E-state index in [4.69, 9.17) is 0 Å². The zero-order valence-corrected chi connectivity index (χ0v) is 28.6. The summed E-state index contributed by atoms with van der Waals surface area (Å²) in [5.41, 5.74) is 13.3. The molecule has 50 heavy (non-hydrogen) atoms. The molecule has 0 radical (unpaired) electrons. The Morgan fingerprint density at radius 3 is 1.56 bits per heavy atom. The first-order valence-corrected chi connectivity index (χ1v) is 17.4. The third-order valence-corrected chi connectivity index (χ3v) is 10.2. The lowest BCUT2D eigenvalue weighted by Crippen LogP contribution is -2.10. The van der Waals surface area contributed by atoms with Crippen LogP contribution in [-0.4, -0.2) is 4.98 Å². The molecule has 9 aromatic rings. The Labute approximate surface area is 293 Å². The summed E-state index contributed by atoms with van der Waals surface area (Å²) in [7, 11) is 0. The van der Waals surface area contributed by atoms with Gasteiger partial charge in [0.25, 0.3) is 0 Å². The number of nitrogens with zero attached hydrogens (tertiary/aromatic N) is 1. The smallest absolute Gasteiger partial charge is 0.0702 e. The Kier molecular flexibility index (Phi) is 7.10. The van der Waals surface area contributed by atoms with Gasteiger partial charge in [-0.3, -0.25) is 4.98 Å². The summed E-state index contributed by atoms with van der Waals surface area (Å²) in [6.45, 7) is 6.90. The van der Waals surface area contributed by atoms with Crippen LogP contribution < -0.4 is 0 Å². The van der Waals surface area contributed by atoms with Gasteiger partial charge in [-0.25, -0.2) is 0 Å². The van der Waals surface area contributed by atoms with Crippen molar-refractivity contribution in [2.24, 2.45) is 0 Å². The van der Waals surface area contributed by atoms with Gasteiger partial charge in [-0.2, -0.15) is 0 Å². The largest absolute Gasteiger partial charge is 0.256 e. The highest BCUT2D eigenvalue weighted by atomic mass is 14.7. The average molecular weight is 640 g/mol. The van der Waals surface area contributed by atoms with E-state index >= 15 is 0 Å². The fourth-order valence-corrected chi connectivity index (χ4v) is 7.56. The van der Waals surface area contributed by atoms with Crippen molar-refractivity contribution in [1.29, 1.82) is 0 Å². The molecular formula is C49H37N. The topological polar surface area (TPSA) is 12.9 Å². The van der Waals surface area contributed by atoms with Gasteiger partial charge >= 0.3 is 0 Å². The van der Waals surface area contributed by atoms with E-state index in [9.17, 15) is 0 Å². The molecular weight excluding hydrogens is 603 g/mol. The van der Waals surface area contributed by atoms with Crippen molar-refractivity contribution in [2.75, 3.05) is 0 Å². The molecule has 9 rings (SSSR count). The standard InChI is InChI=1S/C49H37N/c1-49(2,3)41-29-39-22-24-42-44(34-20-18-33(19-21-34)32-11-5-4-6-12-32)31-45(43-25-23-40(30-41)47(39)48(42)43)37-15-9-13-35(27-37)36-14-10-16-38(28-36)46-17-7-8-26-50-46/h4-31H,1-3H3. The SMILES string of the molecule is CC(C)(C)c1cc2ccc3c(-c4ccc(-c5ccccc5)cc4)cc(-c4cccc(-c5cccc(-c6ccccn6)c5)c4)c4ccc(c1)c2c34. The Morgan fingerprint density at radius 1 is 0.380 bits per heavy atom. The molecule has 0 aliphatic rings. The first-order chi connectivity index (χ1) is 24.4. The molecule has 1 nitrogen and oxygen atoms in total. The van der Waals surface area contributed by atoms with E-state index in [1.165, 1.54) is 82.4 Å². The molecule has 1 aromatic heterocycles. The molecule has 0 aliphatic heterocycles. The Bertz CT molecular complexity index is 2630. The van der Waals surface area contributed by atoms with Gasteiger partial charge in [0, 0.05) is 11.8 Å². The van der Waals surface area contributed by atoms with E-state index in [-0.39, 0.29) is 5.41 Å². The summed E-state index contributed by atoms with van der Waals surface area (Å²) in [5.74, 6) is 0. The van der Waals surface area contributed by atoms with Crippen molar-refractivity contribution >= 4 is 32.3 Å². The maximum atomic E-state index is 4.60. The molecule has 0 amide bonds. The third-order valence-electron chi connectivity index (χ3n) is 10.2.